The van der Waals surface area contributed by atoms with Crippen molar-refractivity contribution < 1.29 is 14.4 Å². The SMILES string of the molecule is C=Cc1cccc([N+](=O)[O-])c1-c1ccc(OC)cc1OCCCC. The smallest absolute Gasteiger partial charge is 0.277 e. The van der Waals surface area contributed by atoms with E-state index in [9.17, 15) is 10.1 Å². The molecular weight excluding hydrogens is 306 g/mol. The van der Waals surface area contributed by atoms with Crippen LogP contribution in [0.4, 0.5) is 5.69 Å². The number of rotatable bonds is 8. The van der Waals surface area contributed by atoms with E-state index in [2.05, 4.69) is 13.5 Å². The zero-order chi connectivity index (χ0) is 17.5. The Morgan fingerprint density at radius 3 is 2.71 bits per heavy atom. The highest BCUT2D eigenvalue weighted by atomic mass is 16.6. The Morgan fingerprint density at radius 1 is 1.29 bits per heavy atom. The minimum absolute atomic E-state index is 0.0258. The number of nitro groups is 1. The van der Waals surface area contributed by atoms with Gasteiger partial charge in [-0.15, -0.1) is 0 Å². The van der Waals surface area contributed by atoms with Crippen LogP contribution >= 0.6 is 0 Å². The molecular formula is C19H21NO4. The standard InChI is InChI=1S/C19H21NO4/c1-4-6-12-24-18-13-15(23-3)10-11-16(18)19-14(5-2)8-7-9-17(19)20(21)22/h5,7-11,13H,2,4,6,12H2,1,3H3. The lowest BCUT2D eigenvalue weighted by molar-refractivity contribution is -0.384. The van der Waals surface area contributed by atoms with E-state index in [1.54, 1.807) is 43.5 Å². The van der Waals surface area contributed by atoms with Crippen LogP contribution in [0.2, 0.25) is 0 Å². The second-order valence-corrected chi connectivity index (χ2v) is 5.27. The molecule has 0 aliphatic rings. The molecule has 0 saturated heterocycles. The highest BCUT2D eigenvalue weighted by Gasteiger charge is 2.21. The van der Waals surface area contributed by atoms with Crippen LogP contribution in [0.3, 0.4) is 0 Å². The average molecular weight is 327 g/mol. The normalized spacial score (nSPS) is 10.2. The quantitative estimate of drug-likeness (QED) is 0.385. The molecule has 0 spiro atoms. The molecule has 0 unspecified atom stereocenters. The topological polar surface area (TPSA) is 61.6 Å². The summed E-state index contributed by atoms with van der Waals surface area (Å²) in [6, 6.07) is 10.3. The number of nitro benzene ring substituents is 1. The van der Waals surface area contributed by atoms with E-state index in [4.69, 9.17) is 9.47 Å². The molecule has 2 aromatic carbocycles. The van der Waals surface area contributed by atoms with E-state index >= 15 is 0 Å². The van der Waals surface area contributed by atoms with Crippen LogP contribution in [0.15, 0.2) is 43.0 Å². The van der Waals surface area contributed by atoms with E-state index < -0.39 is 0 Å². The van der Waals surface area contributed by atoms with Crippen molar-refractivity contribution in [3.05, 3.63) is 58.7 Å². The monoisotopic (exact) mass is 327 g/mol. The number of ether oxygens (including phenoxy) is 2. The maximum Gasteiger partial charge on any atom is 0.277 e. The molecule has 126 valence electrons. The van der Waals surface area contributed by atoms with Crippen molar-refractivity contribution in [2.45, 2.75) is 19.8 Å². The fourth-order valence-electron chi connectivity index (χ4n) is 2.46. The van der Waals surface area contributed by atoms with Crippen LogP contribution < -0.4 is 9.47 Å². The summed E-state index contributed by atoms with van der Waals surface area (Å²) in [6.07, 6.45) is 3.52. The van der Waals surface area contributed by atoms with Gasteiger partial charge in [-0.1, -0.05) is 38.1 Å². The first-order valence-electron chi connectivity index (χ1n) is 7.83. The third kappa shape index (κ3) is 3.74. The number of hydrogen-bond acceptors (Lipinski definition) is 4. The Kier molecular flexibility index (Phi) is 5.95. The lowest BCUT2D eigenvalue weighted by Gasteiger charge is -2.15. The molecule has 0 amide bonds. The Morgan fingerprint density at radius 2 is 2.08 bits per heavy atom. The van der Waals surface area contributed by atoms with Crippen molar-refractivity contribution >= 4 is 11.8 Å². The first-order valence-corrected chi connectivity index (χ1v) is 7.83. The van der Waals surface area contributed by atoms with Crippen LogP contribution in [0.25, 0.3) is 17.2 Å². The molecule has 2 rings (SSSR count). The number of nitrogens with zero attached hydrogens (tertiary/aromatic N) is 1. The van der Waals surface area contributed by atoms with E-state index in [1.807, 2.05) is 0 Å². The van der Waals surface area contributed by atoms with Crippen molar-refractivity contribution in [1.82, 2.24) is 0 Å². The summed E-state index contributed by atoms with van der Waals surface area (Å²) in [6.45, 7) is 6.39. The molecule has 0 N–H and O–H groups in total. The number of hydrogen-bond donors (Lipinski definition) is 0. The van der Waals surface area contributed by atoms with Gasteiger partial charge in [-0.2, -0.15) is 0 Å². The minimum Gasteiger partial charge on any atom is -0.497 e. The van der Waals surface area contributed by atoms with Gasteiger partial charge in [0, 0.05) is 17.7 Å². The second-order valence-electron chi connectivity index (χ2n) is 5.27. The molecule has 0 fully saturated rings. The molecule has 5 heteroatoms. The van der Waals surface area contributed by atoms with Gasteiger partial charge in [0.15, 0.2) is 0 Å². The second kappa shape index (κ2) is 8.15. The van der Waals surface area contributed by atoms with E-state index in [0.717, 1.165) is 12.8 Å². The van der Waals surface area contributed by atoms with Crippen molar-refractivity contribution in [3.63, 3.8) is 0 Å². The summed E-state index contributed by atoms with van der Waals surface area (Å²) < 4.78 is 11.1. The zero-order valence-corrected chi connectivity index (χ0v) is 14.0. The molecule has 0 radical (unpaired) electrons. The maximum absolute atomic E-state index is 11.5. The fourth-order valence-corrected chi connectivity index (χ4v) is 2.46. The third-order valence-corrected chi connectivity index (χ3v) is 3.70. The van der Waals surface area contributed by atoms with E-state index in [0.29, 0.717) is 34.8 Å². The first kappa shape index (κ1) is 17.5. The molecule has 0 aliphatic heterocycles. The van der Waals surface area contributed by atoms with Gasteiger partial charge in [0.25, 0.3) is 5.69 Å². The van der Waals surface area contributed by atoms with Gasteiger partial charge in [0.05, 0.1) is 24.2 Å². The van der Waals surface area contributed by atoms with Gasteiger partial charge in [0.2, 0.25) is 0 Å². The first-order chi connectivity index (χ1) is 11.6. The third-order valence-electron chi connectivity index (χ3n) is 3.70. The lowest BCUT2D eigenvalue weighted by atomic mass is 9.96. The molecule has 0 aromatic heterocycles. The fraction of sp³-hybridized carbons (Fsp3) is 0.263. The van der Waals surface area contributed by atoms with Crippen LogP contribution in [-0.2, 0) is 0 Å². The highest BCUT2D eigenvalue weighted by Crippen LogP contribution is 2.41. The summed E-state index contributed by atoms with van der Waals surface area (Å²) in [4.78, 5) is 11.1. The Balaban J connectivity index is 2.62. The van der Waals surface area contributed by atoms with Crippen molar-refractivity contribution in [2.24, 2.45) is 0 Å². The number of unbranched alkanes of at least 4 members (excludes halogenated alkanes) is 1. The van der Waals surface area contributed by atoms with Gasteiger partial charge in [-0.25, -0.2) is 0 Å². The predicted molar refractivity (Wildman–Crippen MR) is 95.6 cm³/mol. The van der Waals surface area contributed by atoms with Crippen molar-refractivity contribution in [1.29, 1.82) is 0 Å². The molecule has 0 atom stereocenters. The molecule has 0 aliphatic carbocycles. The summed E-state index contributed by atoms with van der Waals surface area (Å²) in [5.41, 5.74) is 1.88. The molecule has 0 saturated carbocycles. The summed E-state index contributed by atoms with van der Waals surface area (Å²) in [5, 5.41) is 11.5. The van der Waals surface area contributed by atoms with E-state index in [1.165, 1.54) is 6.07 Å². The largest absolute Gasteiger partial charge is 0.497 e. The zero-order valence-electron chi connectivity index (χ0n) is 14.0. The number of methoxy groups -OCH3 is 1. The van der Waals surface area contributed by atoms with Crippen molar-refractivity contribution in [2.75, 3.05) is 13.7 Å². The molecule has 2 aromatic rings. The predicted octanol–water partition coefficient (Wildman–Crippen LogP) is 5.09. The van der Waals surface area contributed by atoms with E-state index in [-0.39, 0.29) is 10.6 Å². The maximum atomic E-state index is 11.5. The van der Waals surface area contributed by atoms with Crippen LogP contribution in [0.5, 0.6) is 11.5 Å². The Bertz CT molecular complexity index is 740. The highest BCUT2D eigenvalue weighted by molar-refractivity contribution is 5.86. The van der Waals surface area contributed by atoms with Gasteiger partial charge >= 0.3 is 0 Å². The Labute approximate surface area is 141 Å². The lowest BCUT2D eigenvalue weighted by Crippen LogP contribution is -2.01. The Hall–Kier alpha value is -2.82. The van der Waals surface area contributed by atoms with Gasteiger partial charge in [-0.05, 0) is 24.1 Å². The minimum atomic E-state index is -0.387. The van der Waals surface area contributed by atoms with Crippen LogP contribution in [-0.4, -0.2) is 18.6 Å². The van der Waals surface area contributed by atoms with Crippen LogP contribution in [0.1, 0.15) is 25.3 Å². The molecule has 0 bridgehead atoms. The molecule has 0 heterocycles. The van der Waals surface area contributed by atoms with Gasteiger partial charge in [-0.3, -0.25) is 10.1 Å². The molecule has 5 nitrogen and oxygen atoms in total. The summed E-state index contributed by atoms with van der Waals surface area (Å²) in [7, 11) is 1.57. The van der Waals surface area contributed by atoms with Crippen LogP contribution in [0, 0.1) is 10.1 Å². The van der Waals surface area contributed by atoms with Gasteiger partial charge in [0.1, 0.15) is 11.5 Å². The van der Waals surface area contributed by atoms with Crippen molar-refractivity contribution in [3.8, 4) is 22.6 Å². The average Bonchev–Trinajstić information content (AvgIpc) is 2.61. The van der Waals surface area contributed by atoms with Gasteiger partial charge < -0.3 is 9.47 Å². The summed E-state index contributed by atoms with van der Waals surface area (Å²) in [5.74, 6) is 1.21. The number of benzene rings is 2. The summed E-state index contributed by atoms with van der Waals surface area (Å²) >= 11 is 0. The molecule has 24 heavy (non-hydrogen) atoms.